The van der Waals surface area contributed by atoms with Crippen molar-refractivity contribution in [2.24, 2.45) is 0 Å². The van der Waals surface area contributed by atoms with Crippen molar-refractivity contribution < 1.29 is 4.79 Å². The van der Waals surface area contributed by atoms with E-state index in [1.807, 2.05) is 6.92 Å². The molecule has 4 rings (SSSR count). The molecule has 1 fully saturated rings. The van der Waals surface area contributed by atoms with Gasteiger partial charge in [-0.15, -0.1) is 11.3 Å². The molecule has 0 bridgehead atoms. The number of rotatable bonds is 4. The molecular formula is C22H25N3O2S. The molecule has 146 valence electrons. The van der Waals surface area contributed by atoms with Crippen LogP contribution in [0.2, 0.25) is 0 Å². The van der Waals surface area contributed by atoms with E-state index >= 15 is 0 Å². The number of hydrogen-bond acceptors (Lipinski definition) is 4. The summed E-state index contributed by atoms with van der Waals surface area (Å²) in [7, 11) is 0. The van der Waals surface area contributed by atoms with Crippen LogP contribution in [0, 0.1) is 20.8 Å². The number of aromatic nitrogens is 2. The molecule has 3 aromatic rings. The molecule has 0 atom stereocenters. The van der Waals surface area contributed by atoms with Crippen LogP contribution in [0.25, 0.3) is 21.3 Å². The number of amides is 1. The first-order valence-corrected chi connectivity index (χ1v) is 10.6. The number of thiophene rings is 1. The van der Waals surface area contributed by atoms with Gasteiger partial charge in [0.15, 0.2) is 0 Å². The van der Waals surface area contributed by atoms with Gasteiger partial charge in [-0.25, -0.2) is 4.98 Å². The molecule has 1 aliphatic carbocycles. The molecule has 1 amide bonds. The fourth-order valence-corrected chi connectivity index (χ4v) is 5.00. The molecule has 6 heteroatoms. The number of nitrogens with zero attached hydrogens (tertiary/aromatic N) is 2. The first kappa shape index (κ1) is 18.9. The van der Waals surface area contributed by atoms with Crippen molar-refractivity contribution in [3.8, 4) is 11.1 Å². The van der Waals surface area contributed by atoms with Gasteiger partial charge in [-0.1, -0.05) is 31.0 Å². The van der Waals surface area contributed by atoms with Gasteiger partial charge in [0.1, 0.15) is 11.4 Å². The van der Waals surface area contributed by atoms with E-state index in [4.69, 9.17) is 0 Å². The number of carbonyl (C=O) groups is 1. The van der Waals surface area contributed by atoms with Crippen molar-refractivity contribution in [2.45, 2.75) is 59.0 Å². The molecule has 5 nitrogen and oxygen atoms in total. The number of fused-ring (bicyclic) bond motifs is 1. The monoisotopic (exact) mass is 395 g/mol. The zero-order valence-electron chi connectivity index (χ0n) is 16.5. The van der Waals surface area contributed by atoms with Crippen LogP contribution in [0.1, 0.15) is 41.7 Å². The van der Waals surface area contributed by atoms with Gasteiger partial charge in [0.2, 0.25) is 5.91 Å². The maximum Gasteiger partial charge on any atom is 0.263 e. The molecule has 0 saturated heterocycles. The molecule has 2 aromatic heterocycles. The Balaban J connectivity index is 1.72. The maximum atomic E-state index is 13.2. The second kappa shape index (κ2) is 7.51. The van der Waals surface area contributed by atoms with E-state index in [-0.39, 0.29) is 24.1 Å². The lowest BCUT2D eigenvalue weighted by Crippen LogP contribution is -2.37. The van der Waals surface area contributed by atoms with Crippen LogP contribution in [-0.4, -0.2) is 21.5 Å². The minimum absolute atomic E-state index is 0.0134. The fourth-order valence-electron chi connectivity index (χ4n) is 3.99. The molecule has 1 saturated carbocycles. The van der Waals surface area contributed by atoms with E-state index in [1.165, 1.54) is 33.4 Å². The number of nitrogens with one attached hydrogen (secondary N) is 1. The molecule has 0 radical (unpaired) electrons. The number of aryl methyl sites for hydroxylation is 3. The zero-order chi connectivity index (χ0) is 19.8. The second-order valence-electron chi connectivity index (χ2n) is 7.74. The molecule has 2 heterocycles. The molecule has 1 aliphatic rings. The Morgan fingerprint density at radius 1 is 1.21 bits per heavy atom. The molecule has 0 aliphatic heterocycles. The average molecular weight is 396 g/mol. The van der Waals surface area contributed by atoms with Crippen LogP contribution in [0.4, 0.5) is 0 Å². The third-order valence-corrected chi connectivity index (χ3v) is 6.70. The summed E-state index contributed by atoms with van der Waals surface area (Å²) in [6, 6.07) is 6.50. The van der Waals surface area contributed by atoms with E-state index in [1.54, 1.807) is 0 Å². The van der Waals surface area contributed by atoms with Gasteiger partial charge in [-0.2, -0.15) is 0 Å². The first-order chi connectivity index (χ1) is 13.4. The Morgan fingerprint density at radius 2 is 1.96 bits per heavy atom. The summed E-state index contributed by atoms with van der Waals surface area (Å²) in [5, 5.41) is 3.66. The number of benzene rings is 1. The molecule has 0 spiro atoms. The van der Waals surface area contributed by atoms with Crippen LogP contribution in [-0.2, 0) is 11.3 Å². The summed E-state index contributed by atoms with van der Waals surface area (Å²) in [5.41, 5.74) is 4.23. The second-order valence-corrected chi connectivity index (χ2v) is 8.94. The van der Waals surface area contributed by atoms with Gasteiger partial charge in [-0.05, 0) is 50.3 Å². The van der Waals surface area contributed by atoms with Crippen molar-refractivity contribution in [3.05, 3.63) is 50.9 Å². The highest BCUT2D eigenvalue weighted by Crippen LogP contribution is 2.36. The SMILES string of the molecule is Cc1ccc(-c2c(C)sc3ncn(CC(=O)NC4CCCC4)c(=O)c23)cc1C. The smallest absolute Gasteiger partial charge is 0.263 e. The zero-order valence-corrected chi connectivity index (χ0v) is 17.4. The lowest BCUT2D eigenvalue weighted by Gasteiger charge is -2.12. The Kier molecular flexibility index (Phi) is 5.06. The van der Waals surface area contributed by atoms with E-state index in [2.05, 4.69) is 42.3 Å². The molecule has 1 aromatic carbocycles. The van der Waals surface area contributed by atoms with Gasteiger partial charge in [-0.3, -0.25) is 14.2 Å². The summed E-state index contributed by atoms with van der Waals surface area (Å²) in [5.74, 6) is -0.116. The van der Waals surface area contributed by atoms with Crippen molar-refractivity contribution in [2.75, 3.05) is 0 Å². The molecule has 1 N–H and O–H groups in total. The first-order valence-electron chi connectivity index (χ1n) is 9.79. The summed E-state index contributed by atoms with van der Waals surface area (Å²) in [6.45, 7) is 6.19. The third kappa shape index (κ3) is 3.49. The average Bonchev–Trinajstić information content (AvgIpc) is 3.27. The van der Waals surface area contributed by atoms with Gasteiger partial charge >= 0.3 is 0 Å². The third-order valence-electron chi connectivity index (χ3n) is 5.68. The van der Waals surface area contributed by atoms with E-state index < -0.39 is 0 Å². The lowest BCUT2D eigenvalue weighted by atomic mass is 9.99. The largest absolute Gasteiger partial charge is 0.352 e. The van der Waals surface area contributed by atoms with Crippen LogP contribution >= 0.6 is 11.3 Å². The van der Waals surface area contributed by atoms with Crippen LogP contribution in [0.5, 0.6) is 0 Å². The summed E-state index contributed by atoms with van der Waals surface area (Å²) < 4.78 is 1.43. The van der Waals surface area contributed by atoms with Crippen LogP contribution in [0.15, 0.2) is 29.3 Å². The summed E-state index contributed by atoms with van der Waals surface area (Å²) in [4.78, 5) is 31.9. The lowest BCUT2D eigenvalue weighted by molar-refractivity contribution is -0.122. The highest BCUT2D eigenvalue weighted by molar-refractivity contribution is 7.19. The Bertz CT molecular complexity index is 1110. The minimum atomic E-state index is -0.149. The minimum Gasteiger partial charge on any atom is -0.352 e. The van der Waals surface area contributed by atoms with Crippen molar-refractivity contribution in [1.82, 2.24) is 14.9 Å². The van der Waals surface area contributed by atoms with E-state index in [0.717, 1.165) is 46.5 Å². The quantitative estimate of drug-likeness (QED) is 0.723. The number of carbonyl (C=O) groups excluding carboxylic acids is 1. The van der Waals surface area contributed by atoms with E-state index in [0.29, 0.717) is 5.39 Å². The molecule has 28 heavy (non-hydrogen) atoms. The van der Waals surface area contributed by atoms with Crippen molar-refractivity contribution >= 4 is 27.5 Å². The maximum absolute atomic E-state index is 13.2. The van der Waals surface area contributed by atoms with E-state index in [9.17, 15) is 9.59 Å². The Morgan fingerprint density at radius 3 is 2.68 bits per heavy atom. The van der Waals surface area contributed by atoms with Gasteiger partial charge < -0.3 is 5.32 Å². The predicted molar refractivity (Wildman–Crippen MR) is 114 cm³/mol. The molecular weight excluding hydrogens is 370 g/mol. The topological polar surface area (TPSA) is 64.0 Å². The van der Waals surface area contributed by atoms with Crippen molar-refractivity contribution in [1.29, 1.82) is 0 Å². The van der Waals surface area contributed by atoms with Crippen LogP contribution in [0.3, 0.4) is 0 Å². The Hall–Kier alpha value is -2.47. The highest BCUT2D eigenvalue weighted by Gasteiger charge is 2.20. The standard InChI is InChI=1S/C22H25N3O2S/c1-13-8-9-16(10-14(13)2)19-15(3)28-21-20(19)22(27)25(12-23-21)11-18(26)24-17-6-4-5-7-17/h8-10,12,17H,4-7,11H2,1-3H3,(H,24,26). The van der Waals surface area contributed by atoms with Gasteiger partial charge in [0, 0.05) is 16.5 Å². The summed E-state index contributed by atoms with van der Waals surface area (Å²) >= 11 is 1.53. The highest BCUT2D eigenvalue weighted by atomic mass is 32.1. The normalized spacial score (nSPS) is 14.7. The Labute approximate surface area is 168 Å². The summed E-state index contributed by atoms with van der Waals surface area (Å²) in [6.07, 6.45) is 5.87. The van der Waals surface area contributed by atoms with Crippen molar-refractivity contribution in [3.63, 3.8) is 0 Å². The predicted octanol–water partition coefficient (Wildman–Crippen LogP) is 4.11. The van der Waals surface area contributed by atoms with Gasteiger partial charge in [0.05, 0.1) is 11.7 Å². The van der Waals surface area contributed by atoms with Crippen LogP contribution < -0.4 is 10.9 Å². The fraction of sp³-hybridized carbons (Fsp3) is 0.409. The van der Waals surface area contributed by atoms with Gasteiger partial charge in [0.25, 0.3) is 5.56 Å². The molecule has 0 unspecified atom stereocenters. The number of hydrogen-bond donors (Lipinski definition) is 1.